The van der Waals surface area contributed by atoms with Gasteiger partial charge in [0.05, 0.1) is 0 Å². The third-order valence-electron chi connectivity index (χ3n) is 3.01. The van der Waals surface area contributed by atoms with Crippen LogP contribution in [0.4, 0.5) is 0 Å². The lowest BCUT2D eigenvalue weighted by molar-refractivity contribution is 0.262. The maximum Gasteiger partial charge on any atom is 0.0482 e. The Morgan fingerprint density at radius 2 is 2.36 bits per heavy atom. The van der Waals surface area contributed by atoms with Gasteiger partial charge in [-0.2, -0.15) is 11.3 Å². The second-order valence-corrected chi connectivity index (χ2v) is 5.52. The number of hydrogen-bond donors (Lipinski definition) is 2. The van der Waals surface area contributed by atoms with Gasteiger partial charge in [-0.3, -0.25) is 11.3 Å². The molecule has 0 radical (unpaired) electrons. The van der Waals surface area contributed by atoms with Gasteiger partial charge in [-0.05, 0) is 39.2 Å². The Bertz CT molecular complexity index is 296. The van der Waals surface area contributed by atoms with Crippen LogP contribution in [0.2, 0.25) is 0 Å². The van der Waals surface area contributed by atoms with Crippen molar-refractivity contribution in [1.29, 1.82) is 0 Å². The minimum absolute atomic E-state index is 0.320. The Labute approximate surface area is 97.0 Å². The first-order chi connectivity index (χ1) is 6.81. The van der Waals surface area contributed by atoms with Gasteiger partial charge in [0.25, 0.3) is 0 Å². The van der Waals surface area contributed by atoms with Gasteiger partial charge >= 0.3 is 0 Å². The number of halogens is 1. The van der Waals surface area contributed by atoms with Crippen LogP contribution >= 0.6 is 27.3 Å². The summed E-state index contributed by atoms with van der Waals surface area (Å²) in [7, 11) is 0. The van der Waals surface area contributed by atoms with Gasteiger partial charge in [-0.25, -0.2) is 0 Å². The Morgan fingerprint density at radius 1 is 1.57 bits per heavy atom. The zero-order valence-corrected chi connectivity index (χ0v) is 10.4. The second-order valence-electron chi connectivity index (χ2n) is 3.93. The second kappa shape index (κ2) is 4.75. The first-order valence-electron chi connectivity index (χ1n) is 4.99. The summed E-state index contributed by atoms with van der Waals surface area (Å²) in [6, 6.07) is 0.320. The standard InChI is InChI=1S/C10H15BrN2S/c11-9-6-14-5-8(9)10(13-12)4-7-2-1-3-7/h5-7,10,13H,1-4,12H2. The third-order valence-corrected chi connectivity index (χ3v) is 4.76. The lowest BCUT2D eigenvalue weighted by Crippen LogP contribution is -2.31. The van der Waals surface area contributed by atoms with Gasteiger partial charge in [-0.1, -0.05) is 19.3 Å². The molecule has 1 unspecified atom stereocenters. The topological polar surface area (TPSA) is 38.0 Å². The molecule has 3 N–H and O–H groups in total. The van der Waals surface area contributed by atoms with E-state index in [9.17, 15) is 0 Å². The summed E-state index contributed by atoms with van der Waals surface area (Å²) >= 11 is 5.27. The molecule has 1 heterocycles. The van der Waals surface area contributed by atoms with Crippen LogP contribution in [0.3, 0.4) is 0 Å². The Balaban J connectivity index is 2.01. The van der Waals surface area contributed by atoms with Crippen molar-refractivity contribution in [2.75, 3.05) is 0 Å². The molecule has 0 aromatic carbocycles. The van der Waals surface area contributed by atoms with Crippen LogP contribution in [-0.4, -0.2) is 0 Å². The van der Waals surface area contributed by atoms with E-state index in [4.69, 9.17) is 5.84 Å². The highest BCUT2D eigenvalue weighted by atomic mass is 79.9. The van der Waals surface area contributed by atoms with E-state index < -0.39 is 0 Å². The monoisotopic (exact) mass is 274 g/mol. The molecule has 0 saturated heterocycles. The molecular formula is C10H15BrN2S. The largest absolute Gasteiger partial charge is 0.271 e. The zero-order chi connectivity index (χ0) is 9.97. The molecule has 1 aromatic rings. The van der Waals surface area contributed by atoms with Crippen LogP contribution in [0.15, 0.2) is 15.2 Å². The molecule has 1 atom stereocenters. The van der Waals surface area contributed by atoms with Crippen LogP contribution in [0.5, 0.6) is 0 Å². The van der Waals surface area contributed by atoms with E-state index in [1.165, 1.54) is 35.7 Å². The summed E-state index contributed by atoms with van der Waals surface area (Å²) in [6.45, 7) is 0. The fourth-order valence-corrected chi connectivity index (χ4v) is 3.51. The Morgan fingerprint density at radius 3 is 2.79 bits per heavy atom. The van der Waals surface area contributed by atoms with Crippen molar-refractivity contribution in [3.63, 3.8) is 0 Å². The predicted octanol–water partition coefficient (Wildman–Crippen LogP) is 3.21. The van der Waals surface area contributed by atoms with E-state index in [1.807, 2.05) is 0 Å². The number of hydrazine groups is 1. The summed E-state index contributed by atoms with van der Waals surface area (Å²) in [5.74, 6) is 6.47. The maximum absolute atomic E-state index is 5.59. The molecule has 0 bridgehead atoms. The maximum atomic E-state index is 5.59. The fraction of sp³-hybridized carbons (Fsp3) is 0.600. The SMILES string of the molecule is NNC(CC1CCC1)c1cscc1Br. The quantitative estimate of drug-likeness (QED) is 0.654. The molecule has 78 valence electrons. The molecule has 1 aliphatic rings. The average molecular weight is 275 g/mol. The van der Waals surface area contributed by atoms with Crippen molar-refractivity contribution in [3.8, 4) is 0 Å². The third kappa shape index (κ3) is 2.19. The number of nitrogens with two attached hydrogens (primary N) is 1. The van der Waals surface area contributed by atoms with Gasteiger partial charge < -0.3 is 0 Å². The molecule has 1 aliphatic carbocycles. The molecular weight excluding hydrogens is 260 g/mol. The predicted molar refractivity (Wildman–Crippen MR) is 64.0 cm³/mol. The van der Waals surface area contributed by atoms with Crippen LogP contribution in [0.25, 0.3) is 0 Å². The first kappa shape index (κ1) is 10.6. The van der Waals surface area contributed by atoms with Gasteiger partial charge in [0.15, 0.2) is 0 Å². The van der Waals surface area contributed by atoms with Crippen molar-refractivity contribution < 1.29 is 0 Å². The number of hydrogen-bond acceptors (Lipinski definition) is 3. The molecule has 2 nitrogen and oxygen atoms in total. The molecule has 0 aliphatic heterocycles. The molecule has 1 saturated carbocycles. The Kier molecular flexibility index (Phi) is 3.60. The number of nitrogens with one attached hydrogen (secondary N) is 1. The van der Waals surface area contributed by atoms with E-state index >= 15 is 0 Å². The van der Waals surface area contributed by atoms with Crippen LogP contribution in [-0.2, 0) is 0 Å². The molecule has 0 amide bonds. The zero-order valence-electron chi connectivity index (χ0n) is 8.00. The molecule has 1 aromatic heterocycles. The fourth-order valence-electron chi connectivity index (χ4n) is 1.89. The highest BCUT2D eigenvalue weighted by molar-refractivity contribution is 9.10. The molecule has 0 spiro atoms. The minimum Gasteiger partial charge on any atom is -0.271 e. The molecule has 2 rings (SSSR count). The van der Waals surface area contributed by atoms with Crippen molar-refractivity contribution >= 4 is 27.3 Å². The van der Waals surface area contributed by atoms with E-state index in [2.05, 4.69) is 32.1 Å². The van der Waals surface area contributed by atoms with E-state index in [1.54, 1.807) is 11.3 Å². The molecule has 1 fully saturated rings. The molecule has 14 heavy (non-hydrogen) atoms. The smallest absolute Gasteiger partial charge is 0.0482 e. The van der Waals surface area contributed by atoms with Crippen molar-refractivity contribution in [3.05, 3.63) is 20.8 Å². The minimum atomic E-state index is 0.320. The van der Waals surface area contributed by atoms with Crippen LogP contribution in [0.1, 0.15) is 37.3 Å². The van der Waals surface area contributed by atoms with E-state index in [-0.39, 0.29) is 0 Å². The van der Waals surface area contributed by atoms with Crippen molar-refractivity contribution in [2.24, 2.45) is 11.8 Å². The van der Waals surface area contributed by atoms with Crippen LogP contribution in [0, 0.1) is 5.92 Å². The first-order valence-corrected chi connectivity index (χ1v) is 6.72. The molecule has 4 heteroatoms. The summed E-state index contributed by atoms with van der Waals surface area (Å²) in [5, 5.41) is 4.29. The van der Waals surface area contributed by atoms with Gasteiger partial charge in [0.1, 0.15) is 0 Å². The number of thiophene rings is 1. The summed E-state index contributed by atoms with van der Waals surface area (Å²) in [5.41, 5.74) is 4.23. The average Bonchev–Trinajstić information content (AvgIpc) is 2.51. The summed E-state index contributed by atoms with van der Waals surface area (Å²) < 4.78 is 1.18. The lowest BCUT2D eigenvalue weighted by Gasteiger charge is -2.29. The highest BCUT2D eigenvalue weighted by Crippen LogP contribution is 2.37. The Hall–Kier alpha value is 0.100. The number of rotatable bonds is 4. The van der Waals surface area contributed by atoms with Gasteiger partial charge in [-0.15, -0.1) is 0 Å². The summed E-state index contributed by atoms with van der Waals surface area (Å²) in [4.78, 5) is 0. The van der Waals surface area contributed by atoms with Crippen LogP contribution < -0.4 is 11.3 Å². The van der Waals surface area contributed by atoms with E-state index in [0.717, 1.165) is 5.92 Å². The normalized spacial score (nSPS) is 19.3. The van der Waals surface area contributed by atoms with Crippen molar-refractivity contribution in [1.82, 2.24) is 5.43 Å². The van der Waals surface area contributed by atoms with E-state index in [0.29, 0.717) is 6.04 Å². The highest BCUT2D eigenvalue weighted by Gasteiger charge is 2.23. The van der Waals surface area contributed by atoms with Crippen molar-refractivity contribution in [2.45, 2.75) is 31.7 Å². The lowest BCUT2D eigenvalue weighted by atomic mass is 9.80. The summed E-state index contributed by atoms with van der Waals surface area (Å²) in [6.07, 6.45) is 5.32. The van der Waals surface area contributed by atoms with Gasteiger partial charge in [0.2, 0.25) is 0 Å². The van der Waals surface area contributed by atoms with Gasteiger partial charge in [0, 0.05) is 15.9 Å².